The fraction of sp³-hybridized carbons (Fsp3) is 0. The van der Waals surface area contributed by atoms with Gasteiger partial charge in [0, 0.05) is 5.56 Å². The Bertz CT molecular complexity index is 795. The third kappa shape index (κ3) is 1.89. The summed E-state index contributed by atoms with van der Waals surface area (Å²) in [6.07, 6.45) is 0. The molecule has 0 saturated carbocycles. The highest BCUT2D eigenvalue weighted by molar-refractivity contribution is 6.11. The second-order valence-corrected chi connectivity index (χ2v) is 4.60. The molecule has 0 aliphatic heterocycles. The van der Waals surface area contributed by atoms with Crippen molar-refractivity contribution < 1.29 is 9.90 Å². The molecular formula is C17H13NO2. The highest BCUT2D eigenvalue weighted by Crippen LogP contribution is 2.37. The molecule has 0 spiro atoms. The molecule has 0 radical (unpaired) electrons. The molecule has 0 fully saturated rings. The summed E-state index contributed by atoms with van der Waals surface area (Å²) >= 11 is 0. The molecule has 98 valence electrons. The summed E-state index contributed by atoms with van der Waals surface area (Å²) in [4.78, 5) is 11.7. The number of primary amides is 1. The van der Waals surface area contributed by atoms with Crippen LogP contribution < -0.4 is 5.73 Å². The molecule has 0 saturated heterocycles. The number of fused-ring (bicyclic) bond motifs is 1. The van der Waals surface area contributed by atoms with Gasteiger partial charge in [-0.1, -0.05) is 54.6 Å². The minimum Gasteiger partial charge on any atom is -0.506 e. The summed E-state index contributed by atoms with van der Waals surface area (Å²) in [5, 5.41) is 11.9. The average Bonchev–Trinajstić information content (AvgIpc) is 2.47. The predicted molar refractivity (Wildman–Crippen MR) is 79.6 cm³/mol. The topological polar surface area (TPSA) is 63.3 Å². The molecule has 0 aliphatic rings. The van der Waals surface area contributed by atoms with Crippen molar-refractivity contribution in [2.45, 2.75) is 0 Å². The first-order chi connectivity index (χ1) is 9.68. The fourth-order valence-corrected chi connectivity index (χ4v) is 2.42. The molecule has 0 heterocycles. The molecule has 1 amide bonds. The molecule has 0 atom stereocenters. The van der Waals surface area contributed by atoms with Crippen LogP contribution in [0.4, 0.5) is 0 Å². The minimum atomic E-state index is -0.628. The molecule has 0 bridgehead atoms. The molecule has 3 rings (SSSR count). The van der Waals surface area contributed by atoms with E-state index < -0.39 is 5.91 Å². The third-order valence-corrected chi connectivity index (χ3v) is 3.35. The zero-order valence-corrected chi connectivity index (χ0v) is 10.7. The Balaban J connectivity index is 2.40. The summed E-state index contributed by atoms with van der Waals surface area (Å²) in [7, 11) is 0. The van der Waals surface area contributed by atoms with Crippen molar-refractivity contribution in [3.05, 3.63) is 66.2 Å². The van der Waals surface area contributed by atoms with Gasteiger partial charge in [0.2, 0.25) is 0 Å². The van der Waals surface area contributed by atoms with Crippen LogP contribution in [-0.2, 0) is 0 Å². The van der Waals surface area contributed by atoms with Crippen LogP contribution in [0.1, 0.15) is 10.4 Å². The lowest BCUT2D eigenvalue weighted by Crippen LogP contribution is -2.12. The number of carbonyl (C=O) groups excluding carboxylic acids is 1. The zero-order chi connectivity index (χ0) is 14.1. The van der Waals surface area contributed by atoms with Gasteiger partial charge in [-0.15, -0.1) is 0 Å². The maximum atomic E-state index is 11.7. The molecule has 0 aromatic heterocycles. The third-order valence-electron chi connectivity index (χ3n) is 3.35. The van der Waals surface area contributed by atoms with E-state index in [-0.39, 0.29) is 11.3 Å². The van der Waals surface area contributed by atoms with Gasteiger partial charge >= 0.3 is 0 Å². The number of carbonyl (C=O) groups is 1. The van der Waals surface area contributed by atoms with E-state index in [9.17, 15) is 9.90 Å². The first-order valence-corrected chi connectivity index (χ1v) is 6.28. The van der Waals surface area contributed by atoms with E-state index in [1.165, 1.54) is 0 Å². The number of hydrogen-bond acceptors (Lipinski definition) is 2. The Morgan fingerprint density at radius 2 is 1.60 bits per heavy atom. The molecule has 3 heteroatoms. The van der Waals surface area contributed by atoms with Crippen LogP contribution in [0.3, 0.4) is 0 Å². The normalized spacial score (nSPS) is 10.6. The van der Waals surface area contributed by atoms with Crippen molar-refractivity contribution in [3.8, 4) is 16.9 Å². The van der Waals surface area contributed by atoms with Crippen LogP contribution in [0.5, 0.6) is 5.75 Å². The highest BCUT2D eigenvalue weighted by Gasteiger charge is 2.17. The van der Waals surface area contributed by atoms with Crippen molar-refractivity contribution in [2.24, 2.45) is 5.73 Å². The summed E-state index contributed by atoms with van der Waals surface area (Å²) in [6.45, 7) is 0. The Kier molecular flexibility index (Phi) is 2.88. The molecule has 3 aromatic rings. The first kappa shape index (κ1) is 12.2. The van der Waals surface area contributed by atoms with Crippen LogP contribution in [0, 0.1) is 0 Å². The predicted octanol–water partition coefficient (Wildman–Crippen LogP) is 3.31. The van der Waals surface area contributed by atoms with Gasteiger partial charge in [0.1, 0.15) is 5.75 Å². The Labute approximate surface area is 116 Å². The molecule has 3 N–H and O–H groups in total. The van der Waals surface area contributed by atoms with Crippen LogP contribution in [0.2, 0.25) is 0 Å². The summed E-state index contributed by atoms with van der Waals surface area (Å²) < 4.78 is 0. The first-order valence-electron chi connectivity index (χ1n) is 6.28. The van der Waals surface area contributed by atoms with Crippen molar-refractivity contribution >= 4 is 16.7 Å². The zero-order valence-electron chi connectivity index (χ0n) is 10.7. The molecule has 3 nitrogen and oxygen atoms in total. The number of hydrogen-bond donors (Lipinski definition) is 2. The lowest BCUT2D eigenvalue weighted by atomic mass is 9.95. The van der Waals surface area contributed by atoms with E-state index in [4.69, 9.17) is 5.73 Å². The maximum absolute atomic E-state index is 11.7. The molecule has 20 heavy (non-hydrogen) atoms. The number of phenols is 1. The van der Waals surface area contributed by atoms with Crippen LogP contribution in [0.25, 0.3) is 21.9 Å². The molecular weight excluding hydrogens is 250 g/mol. The largest absolute Gasteiger partial charge is 0.506 e. The smallest absolute Gasteiger partial charge is 0.253 e. The van der Waals surface area contributed by atoms with Crippen molar-refractivity contribution in [1.29, 1.82) is 0 Å². The number of rotatable bonds is 2. The van der Waals surface area contributed by atoms with Gasteiger partial charge in [-0.05, 0) is 22.4 Å². The Morgan fingerprint density at radius 3 is 2.30 bits per heavy atom. The summed E-state index contributed by atoms with van der Waals surface area (Å²) in [5.41, 5.74) is 7.05. The fourth-order valence-electron chi connectivity index (χ4n) is 2.42. The number of benzene rings is 3. The Morgan fingerprint density at radius 1 is 0.950 bits per heavy atom. The molecule has 3 aromatic carbocycles. The number of aromatic hydroxyl groups is 1. The second-order valence-electron chi connectivity index (χ2n) is 4.60. The van der Waals surface area contributed by atoms with E-state index in [2.05, 4.69) is 0 Å². The van der Waals surface area contributed by atoms with Gasteiger partial charge in [-0.2, -0.15) is 0 Å². The number of amides is 1. The van der Waals surface area contributed by atoms with Gasteiger partial charge in [-0.25, -0.2) is 0 Å². The average molecular weight is 263 g/mol. The van der Waals surface area contributed by atoms with E-state index in [1.807, 2.05) is 54.6 Å². The van der Waals surface area contributed by atoms with E-state index in [0.717, 1.165) is 10.9 Å². The molecule has 0 aliphatic carbocycles. The van der Waals surface area contributed by atoms with Gasteiger partial charge < -0.3 is 10.8 Å². The van der Waals surface area contributed by atoms with E-state index >= 15 is 0 Å². The molecule has 0 unspecified atom stereocenters. The maximum Gasteiger partial charge on any atom is 0.253 e. The van der Waals surface area contributed by atoms with Crippen molar-refractivity contribution in [1.82, 2.24) is 0 Å². The van der Waals surface area contributed by atoms with E-state index in [1.54, 1.807) is 6.07 Å². The van der Waals surface area contributed by atoms with Gasteiger partial charge in [0.15, 0.2) is 0 Å². The number of nitrogens with two attached hydrogens (primary N) is 1. The van der Waals surface area contributed by atoms with E-state index in [0.29, 0.717) is 10.9 Å². The van der Waals surface area contributed by atoms with Crippen molar-refractivity contribution in [2.75, 3.05) is 0 Å². The monoisotopic (exact) mass is 263 g/mol. The van der Waals surface area contributed by atoms with Gasteiger partial charge in [0.25, 0.3) is 5.91 Å². The Hall–Kier alpha value is -2.81. The van der Waals surface area contributed by atoms with Crippen LogP contribution in [0.15, 0.2) is 60.7 Å². The van der Waals surface area contributed by atoms with Crippen LogP contribution in [-0.4, -0.2) is 11.0 Å². The van der Waals surface area contributed by atoms with Crippen LogP contribution >= 0.6 is 0 Å². The van der Waals surface area contributed by atoms with Gasteiger partial charge in [0.05, 0.1) is 5.56 Å². The SMILES string of the molecule is NC(=O)c1c(O)c(-c2ccccc2)cc2ccccc12. The van der Waals surface area contributed by atoms with Gasteiger partial charge in [-0.3, -0.25) is 4.79 Å². The summed E-state index contributed by atoms with van der Waals surface area (Å²) in [5.74, 6) is -0.695. The lowest BCUT2D eigenvalue weighted by Gasteiger charge is -2.12. The second kappa shape index (κ2) is 4.70. The minimum absolute atomic E-state index is 0.0672. The quantitative estimate of drug-likeness (QED) is 0.745. The van der Waals surface area contributed by atoms with Crippen molar-refractivity contribution in [3.63, 3.8) is 0 Å². The lowest BCUT2D eigenvalue weighted by molar-refractivity contribution is 0.0999. The summed E-state index contributed by atoms with van der Waals surface area (Å²) in [6, 6.07) is 18.7. The highest BCUT2D eigenvalue weighted by atomic mass is 16.3. The standard InChI is InChI=1S/C17H13NO2/c18-17(20)15-13-9-5-4-8-12(13)10-14(16(15)19)11-6-2-1-3-7-11/h1-10,19H,(H2,18,20).